The van der Waals surface area contributed by atoms with Crippen molar-refractivity contribution in [3.8, 4) is 5.75 Å². The molecule has 7 nitrogen and oxygen atoms in total. The summed E-state index contributed by atoms with van der Waals surface area (Å²) in [6.07, 6.45) is 0. The summed E-state index contributed by atoms with van der Waals surface area (Å²) in [6.45, 7) is 5.06. The van der Waals surface area contributed by atoms with E-state index < -0.39 is 10.0 Å². The fourth-order valence-corrected chi connectivity index (χ4v) is 7.65. The van der Waals surface area contributed by atoms with Crippen LogP contribution in [0.3, 0.4) is 0 Å². The first-order chi connectivity index (χ1) is 15.1. The highest BCUT2D eigenvalue weighted by Crippen LogP contribution is 2.28. The summed E-state index contributed by atoms with van der Waals surface area (Å²) in [7, 11) is -3.63. The van der Waals surface area contributed by atoms with Crippen LogP contribution in [0.5, 0.6) is 5.75 Å². The number of hydrogen-bond acceptors (Lipinski definition) is 7. The Balaban J connectivity index is 1.32. The Labute approximate surface area is 192 Å². The Kier molecular flexibility index (Phi) is 7.55. The SMILES string of the molecule is O=C(c1sccc1S(=O)(=O)N1CCSCC1)N1CCN(CCOc2ccccc2)CC1. The minimum absolute atomic E-state index is 0.160. The topological polar surface area (TPSA) is 70.2 Å². The maximum atomic E-state index is 13.1. The van der Waals surface area contributed by atoms with Crippen molar-refractivity contribution >= 4 is 39.0 Å². The van der Waals surface area contributed by atoms with Crippen LogP contribution < -0.4 is 4.74 Å². The van der Waals surface area contributed by atoms with E-state index in [-0.39, 0.29) is 10.8 Å². The predicted octanol–water partition coefficient (Wildman–Crippen LogP) is 2.32. The number of carbonyl (C=O) groups excluding carboxylic acids is 1. The van der Waals surface area contributed by atoms with Crippen LogP contribution >= 0.6 is 23.1 Å². The molecular formula is C21H27N3O4S3. The molecule has 1 aromatic carbocycles. The third kappa shape index (κ3) is 5.43. The Morgan fingerprint density at radius 3 is 2.39 bits per heavy atom. The molecule has 0 N–H and O–H groups in total. The van der Waals surface area contributed by atoms with E-state index in [1.807, 2.05) is 30.3 Å². The number of para-hydroxylation sites is 1. The van der Waals surface area contributed by atoms with E-state index in [4.69, 9.17) is 4.74 Å². The third-order valence-electron chi connectivity index (χ3n) is 5.49. The molecule has 2 fully saturated rings. The molecule has 0 saturated carbocycles. The molecule has 0 unspecified atom stereocenters. The zero-order valence-electron chi connectivity index (χ0n) is 17.3. The van der Waals surface area contributed by atoms with Gasteiger partial charge in [0.05, 0.1) is 0 Å². The van der Waals surface area contributed by atoms with Crippen LogP contribution in [0.1, 0.15) is 9.67 Å². The normalized spacial score (nSPS) is 18.8. The highest BCUT2D eigenvalue weighted by Gasteiger charge is 2.33. The van der Waals surface area contributed by atoms with Crippen LogP contribution in [0.2, 0.25) is 0 Å². The lowest BCUT2D eigenvalue weighted by atomic mass is 10.3. The molecular weight excluding hydrogens is 454 g/mol. The van der Waals surface area contributed by atoms with Crippen molar-refractivity contribution in [2.24, 2.45) is 0 Å². The molecule has 2 saturated heterocycles. The van der Waals surface area contributed by atoms with Crippen molar-refractivity contribution in [1.82, 2.24) is 14.1 Å². The average molecular weight is 482 g/mol. The lowest BCUT2D eigenvalue weighted by molar-refractivity contribution is 0.0621. The highest BCUT2D eigenvalue weighted by molar-refractivity contribution is 7.99. The van der Waals surface area contributed by atoms with Gasteiger partial charge in [-0.15, -0.1) is 11.3 Å². The maximum Gasteiger partial charge on any atom is 0.265 e. The molecule has 2 aromatic rings. The Hall–Kier alpha value is -1.59. The van der Waals surface area contributed by atoms with Gasteiger partial charge in [0.2, 0.25) is 10.0 Å². The minimum Gasteiger partial charge on any atom is -0.492 e. The second-order valence-electron chi connectivity index (χ2n) is 7.43. The Morgan fingerprint density at radius 2 is 1.68 bits per heavy atom. The summed E-state index contributed by atoms with van der Waals surface area (Å²) >= 11 is 2.98. The zero-order chi connectivity index (χ0) is 21.7. The summed E-state index contributed by atoms with van der Waals surface area (Å²) in [5, 5.41) is 1.70. The number of hydrogen-bond donors (Lipinski definition) is 0. The summed E-state index contributed by atoms with van der Waals surface area (Å²) in [5.41, 5.74) is 0. The summed E-state index contributed by atoms with van der Waals surface area (Å²) < 4.78 is 33.4. The molecule has 3 heterocycles. The molecule has 0 atom stereocenters. The first-order valence-electron chi connectivity index (χ1n) is 10.4. The van der Waals surface area contributed by atoms with Crippen LogP contribution in [0, 0.1) is 0 Å². The van der Waals surface area contributed by atoms with Crippen molar-refractivity contribution in [2.75, 3.05) is 63.9 Å². The molecule has 4 rings (SSSR count). The first kappa shape index (κ1) is 22.6. The quantitative estimate of drug-likeness (QED) is 0.605. The van der Waals surface area contributed by atoms with Gasteiger partial charge in [0.1, 0.15) is 22.1 Å². The van der Waals surface area contributed by atoms with E-state index in [2.05, 4.69) is 4.90 Å². The molecule has 2 aliphatic rings. The lowest BCUT2D eigenvalue weighted by Gasteiger charge is -2.34. The summed E-state index contributed by atoms with van der Waals surface area (Å²) in [5.74, 6) is 2.26. The molecule has 0 aliphatic carbocycles. The molecule has 2 aliphatic heterocycles. The van der Waals surface area contributed by atoms with Crippen molar-refractivity contribution < 1.29 is 17.9 Å². The van der Waals surface area contributed by atoms with E-state index in [1.165, 1.54) is 15.6 Å². The van der Waals surface area contributed by atoms with Gasteiger partial charge >= 0.3 is 0 Å². The van der Waals surface area contributed by atoms with Gasteiger partial charge < -0.3 is 9.64 Å². The number of ether oxygens (including phenoxy) is 1. The highest BCUT2D eigenvalue weighted by atomic mass is 32.2. The standard InChI is InChI=1S/C21H27N3O4S3/c25-21(20-19(6-15-30-20)31(26,27)24-12-16-29-17-13-24)23-9-7-22(8-10-23)11-14-28-18-4-2-1-3-5-18/h1-6,15H,7-14,16-17H2. The van der Waals surface area contributed by atoms with Crippen LogP contribution in [0.4, 0.5) is 0 Å². The third-order valence-corrected chi connectivity index (χ3v) is 9.41. The van der Waals surface area contributed by atoms with Crippen molar-refractivity contribution in [3.63, 3.8) is 0 Å². The zero-order valence-corrected chi connectivity index (χ0v) is 19.8. The molecule has 10 heteroatoms. The van der Waals surface area contributed by atoms with Gasteiger partial charge in [0, 0.05) is 57.3 Å². The fraction of sp³-hybridized carbons (Fsp3) is 0.476. The minimum atomic E-state index is -3.63. The van der Waals surface area contributed by atoms with Gasteiger partial charge in [-0.1, -0.05) is 18.2 Å². The van der Waals surface area contributed by atoms with E-state index >= 15 is 0 Å². The van der Waals surface area contributed by atoms with Crippen LogP contribution in [0.15, 0.2) is 46.7 Å². The van der Waals surface area contributed by atoms with Crippen molar-refractivity contribution in [1.29, 1.82) is 0 Å². The van der Waals surface area contributed by atoms with E-state index in [1.54, 1.807) is 28.1 Å². The van der Waals surface area contributed by atoms with Gasteiger partial charge in [0.25, 0.3) is 5.91 Å². The van der Waals surface area contributed by atoms with E-state index in [0.29, 0.717) is 37.7 Å². The predicted molar refractivity (Wildman–Crippen MR) is 125 cm³/mol. The number of amides is 1. The number of thioether (sulfide) groups is 1. The van der Waals surface area contributed by atoms with Gasteiger partial charge in [0.15, 0.2) is 0 Å². The van der Waals surface area contributed by atoms with Gasteiger partial charge in [-0.25, -0.2) is 8.42 Å². The number of piperazine rings is 1. The first-order valence-corrected chi connectivity index (χ1v) is 13.9. The maximum absolute atomic E-state index is 13.1. The number of benzene rings is 1. The summed E-state index contributed by atoms with van der Waals surface area (Å²) in [6, 6.07) is 11.3. The van der Waals surface area contributed by atoms with Gasteiger partial charge in [-0.05, 0) is 23.6 Å². The number of sulfonamides is 1. The summed E-state index contributed by atoms with van der Waals surface area (Å²) in [4.78, 5) is 17.7. The number of nitrogens with zero attached hydrogens (tertiary/aromatic N) is 3. The van der Waals surface area contributed by atoms with E-state index in [0.717, 1.165) is 36.9 Å². The lowest BCUT2D eigenvalue weighted by Crippen LogP contribution is -2.49. The molecule has 0 spiro atoms. The second-order valence-corrected chi connectivity index (χ2v) is 11.5. The van der Waals surface area contributed by atoms with Crippen LogP contribution in [0.25, 0.3) is 0 Å². The number of rotatable bonds is 7. The van der Waals surface area contributed by atoms with Crippen LogP contribution in [-0.2, 0) is 10.0 Å². The molecule has 0 bridgehead atoms. The largest absolute Gasteiger partial charge is 0.492 e. The molecule has 1 amide bonds. The fourth-order valence-electron chi connectivity index (χ4n) is 3.71. The van der Waals surface area contributed by atoms with E-state index in [9.17, 15) is 13.2 Å². The Bertz CT molecular complexity index is 967. The van der Waals surface area contributed by atoms with Crippen molar-refractivity contribution in [3.05, 3.63) is 46.7 Å². The average Bonchev–Trinajstić information content (AvgIpc) is 3.31. The Morgan fingerprint density at radius 1 is 0.968 bits per heavy atom. The number of thiophene rings is 1. The molecule has 0 radical (unpaired) electrons. The molecule has 1 aromatic heterocycles. The van der Waals surface area contributed by atoms with Crippen LogP contribution in [-0.4, -0.2) is 92.4 Å². The molecule has 168 valence electrons. The van der Waals surface area contributed by atoms with Gasteiger partial charge in [-0.2, -0.15) is 16.1 Å². The monoisotopic (exact) mass is 481 g/mol. The van der Waals surface area contributed by atoms with Gasteiger partial charge in [-0.3, -0.25) is 9.69 Å². The second kappa shape index (κ2) is 10.4. The number of carbonyl (C=O) groups is 1. The smallest absolute Gasteiger partial charge is 0.265 e. The van der Waals surface area contributed by atoms with Crippen molar-refractivity contribution in [2.45, 2.75) is 4.90 Å². The molecule has 31 heavy (non-hydrogen) atoms.